The molecule has 1 aliphatic rings. The number of halogens is 3. The highest BCUT2D eigenvalue weighted by Gasteiger charge is 2.48. The van der Waals surface area contributed by atoms with Crippen LogP contribution in [0.5, 0.6) is 0 Å². The van der Waals surface area contributed by atoms with E-state index in [0.717, 1.165) is 17.3 Å². The highest BCUT2D eigenvalue weighted by molar-refractivity contribution is 7.81. The fourth-order valence-corrected chi connectivity index (χ4v) is 4.09. The lowest BCUT2D eigenvalue weighted by Gasteiger charge is -2.30. The van der Waals surface area contributed by atoms with E-state index < -0.39 is 22.8 Å². The summed E-state index contributed by atoms with van der Waals surface area (Å²) in [6.45, 7) is 6.84. The molecule has 0 unspecified atom stereocenters. The number of aryl methyl sites for hydroxylation is 1. The standard InChI is InChI=1S/C21H19F3N4S/c1-12-5-8-15(9-6-12)28-19(29)27(18(26)20(28,3)4)16-10-7-14(11-25)17(13(16)2)21(22,23)24/h5-10,26H,1-4H3. The van der Waals surface area contributed by atoms with Crippen molar-refractivity contribution < 1.29 is 13.2 Å². The summed E-state index contributed by atoms with van der Waals surface area (Å²) in [6.07, 6.45) is -4.69. The second kappa shape index (κ2) is 6.85. The van der Waals surface area contributed by atoms with Gasteiger partial charge in [-0.25, -0.2) is 0 Å². The normalized spacial score (nSPS) is 16.3. The number of alkyl halides is 3. The van der Waals surface area contributed by atoms with Gasteiger partial charge in [-0.2, -0.15) is 18.4 Å². The quantitative estimate of drug-likeness (QED) is 0.651. The summed E-state index contributed by atoms with van der Waals surface area (Å²) in [4.78, 5) is 3.11. The number of hydrogen-bond acceptors (Lipinski definition) is 3. The van der Waals surface area contributed by atoms with E-state index in [0.29, 0.717) is 0 Å². The number of thiocarbonyl (C=S) groups is 1. The molecule has 1 heterocycles. The van der Waals surface area contributed by atoms with Crippen LogP contribution in [0.25, 0.3) is 0 Å². The number of nitrogens with zero attached hydrogens (tertiary/aromatic N) is 3. The molecule has 0 aliphatic carbocycles. The summed E-state index contributed by atoms with van der Waals surface area (Å²) in [5.41, 5.74) is -0.504. The SMILES string of the molecule is Cc1ccc(N2C(=S)N(c3ccc(C#N)c(C(F)(F)F)c3C)C(=N)C2(C)C)cc1. The van der Waals surface area contributed by atoms with Gasteiger partial charge in [-0.3, -0.25) is 10.3 Å². The Morgan fingerprint density at radius 2 is 1.66 bits per heavy atom. The second-order valence-corrected chi connectivity index (χ2v) is 7.80. The fraction of sp³-hybridized carbons (Fsp3) is 0.286. The third kappa shape index (κ3) is 3.25. The number of benzene rings is 2. The molecular formula is C21H19F3N4S. The molecule has 0 amide bonds. The Kier molecular flexibility index (Phi) is 4.91. The molecule has 0 atom stereocenters. The van der Waals surface area contributed by atoms with Crippen molar-refractivity contribution in [2.24, 2.45) is 0 Å². The van der Waals surface area contributed by atoms with Crippen LogP contribution in [-0.2, 0) is 6.18 Å². The first-order chi connectivity index (χ1) is 13.4. The van der Waals surface area contributed by atoms with Gasteiger partial charge in [-0.05, 0) is 69.7 Å². The van der Waals surface area contributed by atoms with E-state index in [1.165, 1.54) is 17.9 Å². The summed E-state index contributed by atoms with van der Waals surface area (Å²) < 4.78 is 40.9. The molecule has 0 bridgehead atoms. The first-order valence-electron chi connectivity index (χ1n) is 8.82. The van der Waals surface area contributed by atoms with E-state index in [1.807, 2.05) is 31.2 Å². The minimum absolute atomic E-state index is 0.0593. The highest BCUT2D eigenvalue weighted by atomic mass is 32.1. The van der Waals surface area contributed by atoms with Gasteiger partial charge >= 0.3 is 6.18 Å². The summed E-state index contributed by atoms with van der Waals surface area (Å²) in [5, 5.41) is 18.0. The van der Waals surface area contributed by atoms with Gasteiger partial charge in [0.05, 0.1) is 28.4 Å². The fourth-order valence-electron chi connectivity index (χ4n) is 3.57. The Bertz CT molecular complexity index is 1050. The molecule has 150 valence electrons. The molecule has 0 radical (unpaired) electrons. The van der Waals surface area contributed by atoms with E-state index in [1.54, 1.807) is 24.8 Å². The first-order valence-corrected chi connectivity index (χ1v) is 9.23. The molecule has 0 spiro atoms. The van der Waals surface area contributed by atoms with Crippen LogP contribution in [0, 0.1) is 30.6 Å². The number of nitrogens with one attached hydrogen (secondary N) is 1. The van der Waals surface area contributed by atoms with Crippen LogP contribution in [-0.4, -0.2) is 16.5 Å². The average Bonchev–Trinajstić information content (AvgIpc) is 2.80. The molecule has 1 fully saturated rings. The maximum Gasteiger partial charge on any atom is 0.418 e. The Labute approximate surface area is 172 Å². The maximum atomic E-state index is 13.6. The number of anilines is 2. The smallest absolute Gasteiger partial charge is 0.305 e. The lowest BCUT2D eigenvalue weighted by Crippen LogP contribution is -2.44. The number of hydrogen-bond donors (Lipinski definition) is 1. The molecule has 1 aliphatic heterocycles. The maximum absolute atomic E-state index is 13.6. The molecule has 0 aromatic heterocycles. The van der Waals surface area contributed by atoms with Gasteiger partial charge < -0.3 is 4.90 Å². The van der Waals surface area contributed by atoms with Crippen LogP contribution in [0.15, 0.2) is 36.4 Å². The Balaban J connectivity index is 2.18. The topological polar surface area (TPSA) is 54.1 Å². The van der Waals surface area contributed by atoms with Crippen molar-refractivity contribution in [2.45, 2.75) is 39.4 Å². The number of nitriles is 1. The van der Waals surface area contributed by atoms with Gasteiger partial charge in [0.15, 0.2) is 5.11 Å². The minimum Gasteiger partial charge on any atom is -0.305 e. The molecule has 4 nitrogen and oxygen atoms in total. The van der Waals surface area contributed by atoms with Crippen molar-refractivity contribution in [3.05, 3.63) is 58.7 Å². The zero-order valence-electron chi connectivity index (χ0n) is 16.3. The summed E-state index contributed by atoms with van der Waals surface area (Å²) in [6, 6.07) is 11.7. The number of amidine groups is 1. The van der Waals surface area contributed by atoms with Gasteiger partial charge in [0.25, 0.3) is 0 Å². The zero-order chi connectivity index (χ0) is 21.7. The first kappa shape index (κ1) is 20.8. The van der Waals surface area contributed by atoms with Gasteiger partial charge in [-0.15, -0.1) is 0 Å². The molecule has 29 heavy (non-hydrogen) atoms. The Hall–Kier alpha value is -2.92. The zero-order valence-corrected chi connectivity index (χ0v) is 17.2. The molecule has 2 aromatic rings. The van der Waals surface area contributed by atoms with Crippen molar-refractivity contribution >= 4 is 34.5 Å². The Morgan fingerprint density at radius 1 is 1.07 bits per heavy atom. The van der Waals surface area contributed by atoms with Gasteiger partial charge in [0.1, 0.15) is 5.84 Å². The van der Waals surface area contributed by atoms with Crippen LogP contribution in [0.3, 0.4) is 0 Å². The lowest BCUT2D eigenvalue weighted by atomic mass is 9.98. The molecule has 2 aromatic carbocycles. The van der Waals surface area contributed by atoms with Crippen LogP contribution >= 0.6 is 12.2 Å². The minimum atomic E-state index is -4.69. The lowest BCUT2D eigenvalue weighted by molar-refractivity contribution is -0.138. The molecule has 8 heteroatoms. The largest absolute Gasteiger partial charge is 0.418 e. The van der Waals surface area contributed by atoms with Gasteiger partial charge in [0, 0.05) is 5.69 Å². The summed E-state index contributed by atoms with van der Waals surface area (Å²) >= 11 is 5.61. The highest BCUT2D eigenvalue weighted by Crippen LogP contribution is 2.42. The van der Waals surface area contributed by atoms with Gasteiger partial charge in [0.2, 0.25) is 0 Å². The van der Waals surface area contributed by atoms with Crippen LogP contribution in [0.1, 0.15) is 36.1 Å². The van der Waals surface area contributed by atoms with Crippen LogP contribution in [0.4, 0.5) is 24.5 Å². The molecule has 0 saturated carbocycles. The van der Waals surface area contributed by atoms with Crippen molar-refractivity contribution in [1.29, 1.82) is 10.7 Å². The number of rotatable bonds is 2. The predicted molar refractivity (Wildman–Crippen MR) is 111 cm³/mol. The molecule has 1 saturated heterocycles. The van der Waals surface area contributed by atoms with Crippen molar-refractivity contribution in [2.75, 3.05) is 9.80 Å². The van der Waals surface area contributed by atoms with Crippen LogP contribution < -0.4 is 9.80 Å². The third-order valence-electron chi connectivity index (χ3n) is 5.12. The third-order valence-corrected chi connectivity index (χ3v) is 5.48. The molecule has 1 N–H and O–H groups in total. The summed E-state index contributed by atoms with van der Waals surface area (Å²) in [5.74, 6) is 0.0593. The van der Waals surface area contributed by atoms with Crippen molar-refractivity contribution in [3.63, 3.8) is 0 Å². The summed E-state index contributed by atoms with van der Waals surface area (Å²) in [7, 11) is 0. The monoisotopic (exact) mass is 416 g/mol. The van der Waals surface area contributed by atoms with Crippen LogP contribution in [0.2, 0.25) is 0 Å². The van der Waals surface area contributed by atoms with Crippen molar-refractivity contribution in [3.8, 4) is 6.07 Å². The van der Waals surface area contributed by atoms with E-state index in [9.17, 15) is 13.2 Å². The molecular weight excluding hydrogens is 397 g/mol. The van der Waals surface area contributed by atoms with E-state index in [2.05, 4.69) is 0 Å². The van der Waals surface area contributed by atoms with Gasteiger partial charge in [-0.1, -0.05) is 17.7 Å². The van der Waals surface area contributed by atoms with E-state index in [-0.39, 0.29) is 22.2 Å². The average molecular weight is 416 g/mol. The predicted octanol–water partition coefficient (Wildman–Crippen LogP) is 5.56. The molecule has 3 rings (SSSR count). The van der Waals surface area contributed by atoms with E-state index in [4.69, 9.17) is 22.9 Å². The Morgan fingerprint density at radius 3 is 2.17 bits per heavy atom. The second-order valence-electron chi connectivity index (χ2n) is 7.44. The van der Waals surface area contributed by atoms with Crippen molar-refractivity contribution in [1.82, 2.24) is 0 Å². The van der Waals surface area contributed by atoms with E-state index >= 15 is 0 Å².